The van der Waals surface area contributed by atoms with Crippen LogP contribution in [0.5, 0.6) is 5.88 Å². The van der Waals surface area contributed by atoms with E-state index in [9.17, 15) is 0 Å². The van der Waals surface area contributed by atoms with E-state index in [-0.39, 0.29) is 0 Å². The summed E-state index contributed by atoms with van der Waals surface area (Å²) in [4.78, 5) is 4.38. The summed E-state index contributed by atoms with van der Waals surface area (Å²) in [6, 6.07) is 5.89. The Balaban J connectivity index is 1.94. The van der Waals surface area contributed by atoms with E-state index in [0.29, 0.717) is 5.88 Å². The van der Waals surface area contributed by atoms with Gasteiger partial charge in [-0.2, -0.15) is 0 Å². The van der Waals surface area contributed by atoms with Gasteiger partial charge in [-0.3, -0.25) is 0 Å². The molecule has 0 bridgehead atoms. The Morgan fingerprint density at radius 3 is 2.40 bits per heavy atom. The molecule has 0 aromatic carbocycles. The summed E-state index contributed by atoms with van der Waals surface area (Å²) in [5.74, 6) is 0.691. The fourth-order valence-electron chi connectivity index (χ4n) is 2.27. The molecule has 0 unspecified atom stereocenters. The summed E-state index contributed by atoms with van der Waals surface area (Å²) < 4.78 is 5.12. The van der Waals surface area contributed by atoms with Crippen LogP contribution in [-0.4, -0.2) is 18.6 Å². The number of nitrogens with zero attached hydrogens (tertiary/aromatic N) is 1. The highest BCUT2D eigenvalue weighted by Gasteiger charge is 1.97. The van der Waals surface area contributed by atoms with E-state index < -0.39 is 0 Å². The molecule has 0 aliphatic carbocycles. The molecule has 1 heterocycles. The molecule has 0 fully saturated rings. The number of hydrogen-bond acceptors (Lipinski definition) is 3. The van der Waals surface area contributed by atoms with Crippen LogP contribution in [0, 0.1) is 0 Å². The fraction of sp³-hybridized carbons (Fsp3) is 0.706. The van der Waals surface area contributed by atoms with Gasteiger partial charge in [-0.05, 0) is 19.0 Å². The highest BCUT2D eigenvalue weighted by Crippen LogP contribution is 2.08. The van der Waals surface area contributed by atoms with Crippen LogP contribution in [-0.2, 0) is 6.54 Å². The predicted octanol–water partition coefficient (Wildman–Crippen LogP) is 4.32. The first-order chi connectivity index (χ1) is 9.86. The Morgan fingerprint density at radius 2 is 1.70 bits per heavy atom. The zero-order valence-electron chi connectivity index (χ0n) is 13.2. The van der Waals surface area contributed by atoms with Crippen LogP contribution in [0.15, 0.2) is 18.2 Å². The Hall–Kier alpha value is -1.09. The monoisotopic (exact) mass is 278 g/mol. The third-order valence-corrected chi connectivity index (χ3v) is 3.50. The molecule has 1 aromatic heterocycles. The minimum absolute atomic E-state index is 0.691. The lowest BCUT2D eigenvalue weighted by Gasteiger charge is -2.06. The van der Waals surface area contributed by atoms with Gasteiger partial charge in [0.25, 0.3) is 0 Å². The lowest BCUT2D eigenvalue weighted by Crippen LogP contribution is -2.15. The van der Waals surface area contributed by atoms with Gasteiger partial charge >= 0.3 is 0 Å². The van der Waals surface area contributed by atoms with E-state index in [0.717, 1.165) is 18.8 Å². The van der Waals surface area contributed by atoms with E-state index in [1.165, 1.54) is 51.4 Å². The van der Waals surface area contributed by atoms with Gasteiger partial charge < -0.3 is 10.1 Å². The van der Waals surface area contributed by atoms with Crippen molar-refractivity contribution in [2.45, 2.75) is 64.8 Å². The molecular weight excluding hydrogens is 248 g/mol. The van der Waals surface area contributed by atoms with Gasteiger partial charge in [0.1, 0.15) is 0 Å². The number of hydrogen-bond donors (Lipinski definition) is 1. The summed E-state index contributed by atoms with van der Waals surface area (Å²) in [7, 11) is 1.65. The molecule has 0 aliphatic rings. The fourth-order valence-corrected chi connectivity index (χ4v) is 2.27. The smallest absolute Gasteiger partial charge is 0.213 e. The van der Waals surface area contributed by atoms with Crippen molar-refractivity contribution in [3.8, 4) is 5.88 Å². The zero-order valence-corrected chi connectivity index (χ0v) is 13.2. The van der Waals surface area contributed by atoms with Gasteiger partial charge in [-0.15, -0.1) is 0 Å². The molecule has 0 radical (unpaired) electrons. The third kappa shape index (κ3) is 8.16. The van der Waals surface area contributed by atoms with Gasteiger partial charge in [0.05, 0.1) is 12.8 Å². The van der Waals surface area contributed by atoms with Crippen LogP contribution in [0.2, 0.25) is 0 Å². The molecule has 0 saturated carbocycles. The van der Waals surface area contributed by atoms with Crippen molar-refractivity contribution < 1.29 is 4.74 Å². The molecule has 1 N–H and O–H groups in total. The molecule has 0 aliphatic heterocycles. The molecule has 0 spiro atoms. The minimum Gasteiger partial charge on any atom is -0.481 e. The van der Waals surface area contributed by atoms with Gasteiger partial charge in [-0.1, -0.05) is 57.9 Å². The van der Waals surface area contributed by atoms with E-state index in [1.54, 1.807) is 7.11 Å². The van der Waals surface area contributed by atoms with Crippen LogP contribution < -0.4 is 10.1 Å². The van der Waals surface area contributed by atoms with E-state index >= 15 is 0 Å². The Morgan fingerprint density at radius 1 is 1.00 bits per heavy atom. The zero-order chi connectivity index (χ0) is 14.5. The largest absolute Gasteiger partial charge is 0.481 e. The first kappa shape index (κ1) is 17.0. The summed E-state index contributed by atoms with van der Waals surface area (Å²) >= 11 is 0. The SMILES string of the molecule is CCCCCCCCCCNCc1cccc(OC)n1. The Labute approximate surface area is 124 Å². The maximum Gasteiger partial charge on any atom is 0.213 e. The number of aromatic nitrogens is 1. The average Bonchev–Trinajstić information content (AvgIpc) is 2.49. The summed E-state index contributed by atoms with van der Waals surface area (Å²) in [6.45, 7) is 4.17. The molecule has 20 heavy (non-hydrogen) atoms. The van der Waals surface area contributed by atoms with E-state index in [2.05, 4.69) is 17.2 Å². The summed E-state index contributed by atoms with van der Waals surface area (Å²) in [5.41, 5.74) is 1.05. The first-order valence-corrected chi connectivity index (χ1v) is 8.07. The topological polar surface area (TPSA) is 34.1 Å². The predicted molar refractivity (Wildman–Crippen MR) is 85.1 cm³/mol. The van der Waals surface area contributed by atoms with Crippen molar-refractivity contribution in [1.29, 1.82) is 0 Å². The normalized spacial score (nSPS) is 10.7. The van der Waals surface area contributed by atoms with Gasteiger partial charge in [0, 0.05) is 12.6 Å². The van der Waals surface area contributed by atoms with Crippen molar-refractivity contribution in [3.05, 3.63) is 23.9 Å². The van der Waals surface area contributed by atoms with Crippen LogP contribution in [0.25, 0.3) is 0 Å². The lowest BCUT2D eigenvalue weighted by molar-refractivity contribution is 0.395. The second-order valence-electron chi connectivity index (χ2n) is 5.32. The van der Waals surface area contributed by atoms with Crippen molar-refractivity contribution in [3.63, 3.8) is 0 Å². The van der Waals surface area contributed by atoms with Crippen molar-refractivity contribution in [2.24, 2.45) is 0 Å². The van der Waals surface area contributed by atoms with Crippen LogP contribution in [0.1, 0.15) is 64.0 Å². The second kappa shape index (κ2) is 11.7. The molecule has 114 valence electrons. The van der Waals surface area contributed by atoms with Crippen molar-refractivity contribution in [1.82, 2.24) is 10.3 Å². The van der Waals surface area contributed by atoms with Crippen LogP contribution in [0.4, 0.5) is 0 Å². The van der Waals surface area contributed by atoms with Crippen LogP contribution >= 0.6 is 0 Å². The molecule has 0 saturated heterocycles. The van der Waals surface area contributed by atoms with E-state index in [1.807, 2.05) is 18.2 Å². The molecule has 3 nitrogen and oxygen atoms in total. The summed E-state index contributed by atoms with van der Waals surface area (Å²) in [5, 5.41) is 3.45. The molecule has 1 rings (SSSR count). The maximum atomic E-state index is 5.12. The number of nitrogens with one attached hydrogen (secondary N) is 1. The number of methoxy groups -OCH3 is 1. The quantitative estimate of drug-likeness (QED) is 0.578. The second-order valence-corrected chi connectivity index (χ2v) is 5.32. The minimum atomic E-state index is 0.691. The molecule has 1 aromatic rings. The maximum absolute atomic E-state index is 5.12. The van der Waals surface area contributed by atoms with Gasteiger partial charge in [0.2, 0.25) is 5.88 Å². The number of unbranched alkanes of at least 4 members (excludes halogenated alkanes) is 7. The summed E-state index contributed by atoms with van der Waals surface area (Å²) in [6.07, 6.45) is 10.9. The standard InChI is InChI=1S/C17H30N2O/c1-3-4-5-6-7-8-9-10-14-18-15-16-12-11-13-17(19-16)20-2/h11-13,18H,3-10,14-15H2,1-2H3. The van der Waals surface area contributed by atoms with Crippen LogP contribution in [0.3, 0.4) is 0 Å². The molecular formula is C17H30N2O. The van der Waals surface area contributed by atoms with Gasteiger partial charge in [-0.25, -0.2) is 4.98 Å². The van der Waals surface area contributed by atoms with Crippen molar-refractivity contribution >= 4 is 0 Å². The third-order valence-electron chi connectivity index (χ3n) is 3.50. The number of rotatable bonds is 12. The first-order valence-electron chi connectivity index (χ1n) is 8.07. The Kier molecular flexibility index (Phi) is 9.93. The Bertz CT molecular complexity index is 342. The average molecular weight is 278 g/mol. The molecule has 0 atom stereocenters. The lowest BCUT2D eigenvalue weighted by atomic mass is 10.1. The van der Waals surface area contributed by atoms with Gasteiger partial charge in [0.15, 0.2) is 0 Å². The molecule has 3 heteroatoms. The van der Waals surface area contributed by atoms with E-state index in [4.69, 9.17) is 4.74 Å². The number of pyridine rings is 1. The highest BCUT2D eigenvalue weighted by molar-refractivity contribution is 5.15. The number of ether oxygens (including phenoxy) is 1. The highest BCUT2D eigenvalue weighted by atomic mass is 16.5. The molecule has 0 amide bonds. The van der Waals surface area contributed by atoms with Crippen molar-refractivity contribution in [2.75, 3.05) is 13.7 Å².